The van der Waals surface area contributed by atoms with E-state index in [2.05, 4.69) is 0 Å². The van der Waals surface area contributed by atoms with Gasteiger partial charge in [-0.25, -0.2) is 9.97 Å². The highest BCUT2D eigenvalue weighted by molar-refractivity contribution is 5.57. The summed E-state index contributed by atoms with van der Waals surface area (Å²) in [6.07, 6.45) is -16.2. The largest absolute Gasteiger partial charge is 0.451 e. The van der Waals surface area contributed by atoms with Gasteiger partial charge in [0.05, 0.1) is 0 Å². The van der Waals surface area contributed by atoms with Gasteiger partial charge in [-0.3, -0.25) is 5.32 Å². The van der Waals surface area contributed by atoms with Gasteiger partial charge in [0.25, 0.3) is 0 Å². The number of nitriles is 1. The zero-order valence-corrected chi connectivity index (χ0v) is 9.24. The Kier molecular flexibility index (Phi) is 3.95. The summed E-state index contributed by atoms with van der Waals surface area (Å²) in [5, 5.41) is 9.17. The van der Waals surface area contributed by atoms with E-state index in [0.29, 0.717) is 0 Å². The van der Waals surface area contributed by atoms with Crippen LogP contribution in [0, 0.1) is 11.5 Å². The molecule has 0 amide bonds. The Morgan fingerprint density at radius 2 is 1.14 bits per heavy atom. The van der Waals surface area contributed by atoms with Gasteiger partial charge in [0, 0.05) is 0 Å². The summed E-state index contributed by atoms with van der Waals surface area (Å²) in [5.41, 5.74) is -7.08. The zero-order chi connectivity index (χ0) is 16.6. The monoisotopic (exact) mass is 324 g/mol. The Hall–Kier alpha value is -2.26. The fraction of sp³-hybridized carbons (Fsp3) is 0.375. The molecule has 0 aliphatic heterocycles. The van der Waals surface area contributed by atoms with Crippen LogP contribution in [0.4, 0.5) is 45.2 Å². The minimum atomic E-state index is -5.66. The SMILES string of the molecule is N#CNc1c(C(F)(F)F)nc(C(F)(F)F)nc1C(F)(F)F. The van der Waals surface area contributed by atoms with Crippen molar-refractivity contribution in [3.05, 3.63) is 17.2 Å². The van der Waals surface area contributed by atoms with E-state index >= 15 is 0 Å². The van der Waals surface area contributed by atoms with Crippen molar-refractivity contribution in [2.75, 3.05) is 5.32 Å². The van der Waals surface area contributed by atoms with E-state index < -0.39 is 41.4 Å². The molecule has 0 bridgehead atoms. The second-order valence-electron chi connectivity index (χ2n) is 3.35. The first kappa shape index (κ1) is 16.8. The number of nitrogens with zero attached hydrogens (tertiary/aromatic N) is 3. The van der Waals surface area contributed by atoms with E-state index in [4.69, 9.17) is 5.26 Å². The van der Waals surface area contributed by atoms with E-state index in [0.717, 1.165) is 11.5 Å². The van der Waals surface area contributed by atoms with Gasteiger partial charge in [0.2, 0.25) is 5.82 Å². The third-order valence-electron chi connectivity index (χ3n) is 1.88. The average molecular weight is 324 g/mol. The third kappa shape index (κ3) is 3.64. The summed E-state index contributed by atoms with van der Waals surface area (Å²) in [6.45, 7) is 0. The fourth-order valence-corrected chi connectivity index (χ4v) is 1.17. The topological polar surface area (TPSA) is 61.6 Å². The van der Waals surface area contributed by atoms with E-state index in [-0.39, 0.29) is 0 Å². The molecule has 1 aromatic rings. The Bertz CT molecular complexity index is 542. The van der Waals surface area contributed by atoms with Crippen molar-refractivity contribution >= 4 is 5.69 Å². The van der Waals surface area contributed by atoms with E-state index in [1.165, 1.54) is 0 Å². The maximum absolute atomic E-state index is 12.5. The van der Waals surface area contributed by atoms with Crippen molar-refractivity contribution in [1.29, 1.82) is 5.26 Å². The smallest absolute Gasteiger partial charge is 0.289 e. The molecule has 0 atom stereocenters. The van der Waals surface area contributed by atoms with Crippen LogP contribution in [0.3, 0.4) is 0 Å². The number of anilines is 1. The highest BCUT2D eigenvalue weighted by Crippen LogP contribution is 2.42. The van der Waals surface area contributed by atoms with Crippen molar-refractivity contribution in [2.24, 2.45) is 0 Å². The minimum Gasteiger partial charge on any atom is -0.289 e. The van der Waals surface area contributed by atoms with Crippen LogP contribution in [0.1, 0.15) is 17.2 Å². The standard InChI is InChI=1S/C8HF9N4/c9-6(10,11)3-2(19-1-18)4(7(12,13)14)21-5(20-3)8(15,16)17/h19H. The third-order valence-corrected chi connectivity index (χ3v) is 1.88. The minimum absolute atomic E-state index is 0.756. The van der Waals surface area contributed by atoms with Crippen molar-refractivity contribution in [3.63, 3.8) is 0 Å². The summed E-state index contributed by atoms with van der Waals surface area (Å²) >= 11 is 0. The van der Waals surface area contributed by atoms with Crippen LogP contribution in [0.25, 0.3) is 0 Å². The van der Waals surface area contributed by atoms with Crippen molar-refractivity contribution < 1.29 is 39.5 Å². The molecule has 1 aromatic heterocycles. The van der Waals surface area contributed by atoms with Gasteiger partial charge >= 0.3 is 18.5 Å². The quantitative estimate of drug-likeness (QED) is 0.488. The lowest BCUT2D eigenvalue weighted by Gasteiger charge is -2.17. The first-order valence-corrected chi connectivity index (χ1v) is 4.57. The van der Waals surface area contributed by atoms with E-state index in [9.17, 15) is 39.5 Å². The summed E-state index contributed by atoms with van der Waals surface area (Å²) in [7, 11) is 0. The molecule has 1 heterocycles. The number of hydrogen-bond acceptors (Lipinski definition) is 4. The van der Waals surface area contributed by atoms with Gasteiger partial charge in [0.1, 0.15) is 5.69 Å². The summed E-state index contributed by atoms with van der Waals surface area (Å²) in [5.74, 6) is -2.62. The molecule has 0 fully saturated rings. The number of alkyl halides is 9. The Labute approximate surface area is 109 Å². The normalized spacial score (nSPS) is 13.0. The van der Waals surface area contributed by atoms with Gasteiger partial charge in [-0.1, -0.05) is 0 Å². The molecule has 0 aliphatic carbocycles. The maximum Gasteiger partial charge on any atom is 0.451 e. The average Bonchev–Trinajstić information content (AvgIpc) is 2.24. The van der Waals surface area contributed by atoms with Crippen LogP contribution < -0.4 is 5.32 Å². The molecular weight excluding hydrogens is 323 g/mol. The number of aromatic nitrogens is 2. The van der Waals surface area contributed by atoms with Crippen LogP contribution >= 0.6 is 0 Å². The zero-order valence-electron chi connectivity index (χ0n) is 9.24. The highest BCUT2D eigenvalue weighted by atomic mass is 19.4. The van der Waals surface area contributed by atoms with E-state index in [1.54, 1.807) is 0 Å². The fourth-order valence-electron chi connectivity index (χ4n) is 1.17. The number of rotatable bonds is 1. The van der Waals surface area contributed by atoms with Crippen LogP contribution in [0.5, 0.6) is 0 Å². The van der Waals surface area contributed by atoms with Gasteiger partial charge in [-0.2, -0.15) is 44.8 Å². The van der Waals surface area contributed by atoms with Gasteiger partial charge < -0.3 is 0 Å². The first-order valence-electron chi connectivity index (χ1n) is 4.57. The second kappa shape index (κ2) is 4.93. The molecule has 0 saturated carbocycles. The predicted molar refractivity (Wildman–Crippen MR) is 46.3 cm³/mol. The molecule has 0 saturated heterocycles. The molecule has 0 unspecified atom stereocenters. The molecule has 1 N–H and O–H groups in total. The molecule has 13 heteroatoms. The van der Waals surface area contributed by atoms with Gasteiger partial charge in [-0.05, 0) is 0 Å². The Morgan fingerprint density at radius 1 is 0.762 bits per heavy atom. The van der Waals surface area contributed by atoms with Crippen molar-refractivity contribution in [2.45, 2.75) is 18.5 Å². The molecule has 1 rings (SSSR count). The Balaban J connectivity index is 3.80. The van der Waals surface area contributed by atoms with Crippen LogP contribution in [0.2, 0.25) is 0 Å². The Morgan fingerprint density at radius 3 is 1.38 bits per heavy atom. The molecule has 21 heavy (non-hydrogen) atoms. The molecule has 116 valence electrons. The first-order chi connectivity index (χ1) is 9.28. The summed E-state index contributed by atoms with van der Waals surface area (Å²) in [6, 6.07) is 0. The number of hydrogen-bond donors (Lipinski definition) is 1. The summed E-state index contributed by atoms with van der Waals surface area (Å²) < 4.78 is 112. The summed E-state index contributed by atoms with van der Waals surface area (Å²) in [4.78, 5) is 4.07. The molecular formula is C8HF9N4. The van der Waals surface area contributed by atoms with Crippen molar-refractivity contribution in [1.82, 2.24) is 9.97 Å². The lowest BCUT2D eigenvalue weighted by atomic mass is 10.2. The van der Waals surface area contributed by atoms with Crippen LogP contribution in [-0.2, 0) is 18.5 Å². The van der Waals surface area contributed by atoms with Crippen LogP contribution in [-0.4, -0.2) is 9.97 Å². The lowest BCUT2D eigenvalue weighted by Crippen LogP contribution is -2.24. The van der Waals surface area contributed by atoms with Crippen LogP contribution in [0.15, 0.2) is 0 Å². The molecule has 0 radical (unpaired) electrons. The van der Waals surface area contributed by atoms with Gasteiger partial charge in [0.15, 0.2) is 17.6 Å². The van der Waals surface area contributed by atoms with E-state index in [1.807, 2.05) is 9.97 Å². The maximum atomic E-state index is 12.5. The van der Waals surface area contributed by atoms with Gasteiger partial charge in [-0.15, -0.1) is 0 Å². The molecule has 4 nitrogen and oxygen atoms in total. The highest BCUT2D eigenvalue weighted by Gasteiger charge is 2.48. The molecule has 0 spiro atoms. The van der Waals surface area contributed by atoms with Crippen molar-refractivity contribution in [3.8, 4) is 6.19 Å². The lowest BCUT2D eigenvalue weighted by molar-refractivity contribution is -0.158. The molecule has 0 aromatic carbocycles. The second-order valence-corrected chi connectivity index (χ2v) is 3.35. The number of halogens is 9. The predicted octanol–water partition coefficient (Wildman–Crippen LogP) is 3.43. The molecule has 0 aliphatic rings. The number of nitrogens with one attached hydrogen (secondary N) is 1.